The van der Waals surface area contributed by atoms with Crippen molar-refractivity contribution in [1.29, 1.82) is 0 Å². The molecule has 0 saturated carbocycles. The molecule has 4 N–H and O–H groups in total. The second-order valence-corrected chi connectivity index (χ2v) is 4.96. The van der Waals surface area contributed by atoms with Gasteiger partial charge in [0.15, 0.2) is 0 Å². The number of aliphatic hydroxyl groups is 1. The molecule has 20 heavy (non-hydrogen) atoms. The van der Waals surface area contributed by atoms with Gasteiger partial charge in [-0.25, -0.2) is 0 Å². The Labute approximate surface area is 116 Å². The van der Waals surface area contributed by atoms with Crippen LogP contribution < -0.4 is 11.1 Å². The number of rotatable bonds is 4. The standard InChI is InChI=1S/C14H18N2O4/c15-12(17)10-1-3-11(4-2-10)13(18)16-9-14(19)5-7-20-8-6-14/h1-4,19H,5-9H2,(H2,15,17)(H,16,18). The molecular formula is C14H18N2O4. The van der Waals surface area contributed by atoms with Crippen LogP contribution in [0.3, 0.4) is 0 Å². The van der Waals surface area contributed by atoms with Crippen LogP contribution >= 0.6 is 0 Å². The first kappa shape index (κ1) is 14.5. The summed E-state index contributed by atoms with van der Waals surface area (Å²) in [6, 6.07) is 6.06. The lowest BCUT2D eigenvalue weighted by Gasteiger charge is -2.32. The molecule has 1 heterocycles. The number of primary amides is 1. The van der Waals surface area contributed by atoms with E-state index < -0.39 is 11.5 Å². The fourth-order valence-electron chi connectivity index (χ4n) is 2.06. The number of benzene rings is 1. The smallest absolute Gasteiger partial charge is 0.251 e. The summed E-state index contributed by atoms with van der Waals surface area (Å²) in [7, 11) is 0. The number of carbonyl (C=O) groups excluding carboxylic acids is 2. The molecule has 0 spiro atoms. The number of nitrogens with two attached hydrogens (primary N) is 1. The predicted molar refractivity (Wildman–Crippen MR) is 72.3 cm³/mol. The molecule has 1 saturated heterocycles. The van der Waals surface area contributed by atoms with Gasteiger partial charge in [0.05, 0.1) is 5.60 Å². The van der Waals surface area contributed by atoms with Gasteiger partial charge in [-0.3, -0.25) is 9.59 Å². The van der Waals surface area contributed by atoms with Crippen molar-refractivity contribution in [2.45, 2.75) is 18.4 Å². The molecule has 0 aliphatic carbocycles. The quantitative estimate of drug-likeness (QED) is 0.724. The third-order valence-electron chi connectivity index (χ3n) is 3.43. The van der Waals surface area contributed by atoms with Crippen LogP contribution in [0.15, 0.2) is 24.3 Å². The van der Waals surface area contributed by atoms with Crippen molar-refractivity contribution >= 4 is 11.8 Å². The van der Waals surface area contributed by atoms with Crippen LogP contribution in [0.25, 0.3) is 0 Å². The van der Waals surface area contributed by atoms with Gasteiger partial charge < -0.3 is 20.9 Å². The molecule has 0 bridgehead atoms. The molecule has 1 aliphatic heterocycles. The summed E-state index contributed by atoms with van der Waals surface area (Å²) in [6.07, 6.45) is 1.02. The Morgan fingerprint density at radius 2 is 1.75 bits per heavy atom. The van der Waals surface area contributed by atoms with E-state index in [1.807, 2.05) is 0 Å². The Morgan fingerprint density at radius 3 is 2.30 bits per heavy atom. The zero-order chi connectivity index (χ0) is 14.6. The molecule has 2 amide bonds. The lowest BCUT2D eigenvalue weighted by Crippen LogP contribution is -2.46. The van der Waals surface area contributed by atoms with Crippen molar-refractivity contribution in [3.63, 3.8) is 0 Å². The van der Waals surface area contributed by atoms with E-state index in [1.165, 1.54) is 24.3 Å². The van der Waals surface area contributed by atoms with Crippen LogP contribution in [-0.4, -0.2) is 42.3 Å². The van der Waals surface area contributed by atoms with Crippen molar-refractivity contribution in [3.05, 3.63) is 35.4 Å². The number of amides is 2. The van der Waals surface area contributed by atoms with Crippen molar-refractivity contribution in [2.24, 2.45) is 5.73 Å². The maximum absolute atomic E-state index is 11.9. The van der Waals surface area contributed by atoms with E-state index in [-0.39, 0.29) is 12.5 Å². The minimum absolute atomic E-state index is 0.187. The highest BCUT2D eigenvalue weighted by molar-refractivity contribution is 5.97. The lowest BCUT2D eigenvalue weighted by atomic mass is 9.94. The van der Waals surface area contributed by atoms with E-state index in [0.717, 1.165) is 0 Å². The van der Waals surface area contributed by atoms with Crippen molar-refractivity contribution in [1.82, 2.24) is 5.32 Å². The van der Waals surface area contributed by atoms with E-state index in [9.17, 15) is 14.7 Å². The van der Waals surface area contributed by atoms with Gasteiger partial charge in [0.25, 0.3) is 5.91 Å². The maximum Gasteiger partial charge on any atom is 0.251 e. The number of hydrogen-bond acceptors (Lipinski definition) is 4. The van der Waals surface area contributed by atoms with Gasteiger partial charge in [0, 0.05) is 43.7 Å². The number of ether oxygens (including phenoxy) is 1. The average molecular weight is 278 g/mol. The third-order valence-corrected chi connectivity index (χ3v) is 3.43. The van der Waals surface area contributed by atoms with Crippen LogP contribution in [0.2, 0.25) is 0 Å². The van der Waals surface area contributed by atoms with Gasteiger partial charge in [-0.2, -0.15) is 0 Å². The van der Waals surface area contributed by atoms with E-state index in [4.69, 9.17) is 10.5 Å². The molecule has 1 aliphatic rings. The van der Waals surface area contributed by atoms with Crippen LogP contribution in [0.1, 0.15) is 33.6 Å². The summed E-state index contributed by atoms with van der Waals surface area (Å²) < 4.78 is 5.18. The molecular weight excluding hydrogens is 260 g/mol. The summed E-state index contributed by atoms with van der Waals surface area (Å²) >= 11 is 0. The van der Waals surface area contributed by atoms with Gasteiger partial charge in [0.1, 0.15) is 0 Å². The molecule has 0 radical (unpaired) electrons. The first-order valence-corrected chi connectivity index (χ1v) is 6.48. The van der Waals surface area contributed by atoms with Gasteiger partial charge in [-0.15, -0.1) is 0 Å². The normalized spacial score (nSPS) is 17.4. The molecule has 0 atom stereocenters. The Morgan fingerprint density at radius 1 is 1.20 bits per heavy atom. The molecule has 2 rings (SSSR count). The number of carbonyl (C=O) groups is 2. The second kappa shape index (κ2) is 6.02. The summed E-state index contributed by atoms with van der Waals surface area (Å²) in [4.78, 5) is 22.9. The topological polar surface area (TPSA) is 102 Å². The van der Waals surface area contributed by atoms with Crippen LogP contribution in [0, 0.1) is 0 Å². The Bertz CT molecular complexity index is 492. The maximum atomic E-state index is 11.9. The second-order valence-electron chi connectivity index (χ2n) is 4.96. The van der Waals surface area contributed by atoms with Gasteiger partial charge >= 0.3 is 0 Å². The Kier molecular flexibility index (Phi) is 4.36. The molecule has 1 aromatic carbocycles. The molecule has 1 aromatic rings. The molecule has 6 nitrogen and oxygen atoms in total. The summed E-state index contributed by atoms with van der Waals surface area (Å²) in [5, 5.41) is 12.9. The van der Waals surface area contributed by atoms with Crippen LogP contribution in [-0.2, 0) is 4.74 Å². The SMILES string of the molecule is NC(=O)c1ccc(C(=O)NCC2(O)CCOCC2)cc1. The average Bonchev–Trinajstić information content (AvgIpc) is 2.46. The molecule has 108 valence electrons. The third kappa shape index (κ3) is 3.55. The Hall–Kier alpha value is -1.92. The number of hydrogen-bond donors (Lipinski definition) is 3. The zero-order valence-electron chi connectivity index (χ0n) is 11.1. The molecule has 1 fully saturated rings. The molecule has 6 heteroatoms. The zero-order valence-corrected chi connectivity index (χ0v) is 11.1. The van der Waals surface area contributed by atoms with Gasteiger partial charge in [-0.05, 0) is 24.3 Å². The molecule has 0 aromatic heterocycles. The summed E-state index contributed by atoms with van der Waals surface area (Å²) in [5.74, 6) is -0.825. The Balaban J connectivity index is 1.92. The van der Waals surface area contributed by atoms with Gasteiger partial charge in [-0.1, -0.05) is 0 Å². The summed E-state index contributed by atoms with van der Waals surface area (Å²) in [6.45, 7) is 1.19. The predicted octanol–water partition coefficient (Wildman–Crippen LogP) is 0.0568. The van der Waals surface area contributed by atoms with Crippen molar-refractivity contribution in [2.75, 3.05) is 19.8 Å². The van der Waals surface area contributed by atoms with E-state index in [1.54, 1.807) is 0 Å². The van der Waals surface area contributed by atoms with E-state index in [2.05, 4.69) is 5.32 Å². The summed E-state index contributed by atoms with van der Waals surface area (Å²) in [5.41, 5.74) is 5.00. The van der Waals surface area contributed by atoms with E-state index in [0.29, 0.717) is 37.2 Å². The first-order chi connectivity index (χ1) is 9.50. The lowest BCUT2D eigenvalue weighted by molar-refractivity contribution is -0.0605. The highest BCUT2D eigenvalue weighted by Crippen LogP contribution is 2.19. The highest BCUT2D eigenvalue weighted by atomic mass is 16.5. The van der Waals surface area contributed by atoms with Crippen molar-refractivity contribution < 1.29 is 19.4 Å². The van der Waals surface area contributed by atoms with Gasteiger partial charge in [0.2, 0.25) is 5.91 Å². The van der Waals surface area contributed by atoms with Crippen LogP contribution in [0.4, 0.5) is 0 Å². The van der Waals surface area contributed by atoms with Crippen LogP contribution in [0.5, 0.6) is 0 Å². The number of nitrogens with one attached hydrogen (secondary N) is 1. The first-order valence-electron chi connectivity index (χ1n) is 6.48. The van der Waals surface area contributed by atoms with Crippen molar-refractivity contribution in [3.8, 4) is 0 Å². The molecule has 0 unspecified atom stereocenters. The fourth-order valence-corrected chi connectivity index (χ4v) is 2.06. The monoisotopic (exact) mass is 278 g/mol. The minimum atomic E-state index is -0.902. The van der Waals surface area contributed by atoms with E-state index >= 15 is 0 Å². The fraction of sp³-hybridized carbons (Fsp3) is 0.429. The minimum Gasteiger partial charge on any atom is -0.388 e. The largest absolute Gasteiger partial charge is 0.388 e. The highest BCUT2D eigenvalue weighted by Gasteiger charge is 2.30.